The molecular weight excluding hydrogens is 266 g/mol. The normalized spacial score (nSPS) is 16.4. The first-order valence-corrected chi connectivity index (χ1v) is 6.83. The molecule has 0 amide bonds. The highest BCUT2D eigenvalue weighted by atomic mass is 16.3. The van der Waals surface area contributed by atoms with E-state index in [1.165, 1.54) is 11.3 Å². The van der Waals surface area contributed by atoms with Gasteiger partial charge >= 0.3 is 0 Å². The van der Waals surface area contributed by atoms with Crippen molar-refractivity contribution in [2.24, 2.45) is 0 Å². The van der Waals surface area contributed by atoms with E-state index in [0.29, 0.717) is 5.88 Å². The topological polar surface area (TPSA) is 73.3 Å². The van der Waals surface area contributed by atoms with Crippen molar-refractivity contribution in [3.05, 3.63) is 71.7 Å². The van der Waals surface area contributed by atoms with Gasteiger partial charge in [0.25, 0.3) is 5.88 Å². The Morgan fingerprint density at radius 3 is 2.38 bits per heavy atom. The Balaban J connectivity index is 0.00000132. The Bertz CT molecular complexity index is 685. The second kappa shape index (κ2) is 5.12. The Labute approximate surface area is 123 Å². The standard InChI is InChI=1S/C16H15N3O.H2O/c20-16-15-11-10-12-6-4-5-9-14(12)19(15)17-18(16)13-7-2-1-3-8-13;/h1-9,17,20H,10-11H2;1H2. The molecule has 4 rings (SSSR count). The molecule has 5 nitrogen and oxygen atoms in total. The second-order valence-electron chi connectivity index (χ2n) is 5.09. The number of aliphatic hydroxyl groups excluding tert-OH is 1. The van der Waals surface area contributed by atoms with Crippen molar-refractivity contribution < 1.29 is 16.1 Å². The molecule has 0 atom stereocenters. The number of rotatable bonds is 1. The zero-order chi connectivity index (χ0) is 13.5. The third kappa shape index (κ3) is 2.03. The molecule has 2 aromatic rings. The number of nitrogens with two attached hydrogens (primary N) is 1. The number of aryl methyl sites for hydroxylation is 1. The summed E-state index contributed by atoms with van der Waals surface area (Å²) in [6, 6.07) is 18.3. The molecule has 0 aliphatic carbocycles. The van der Waals surface area contributed by atoms with Gasteiger partial charge in [0.05, 0.1) is 5.69 Å². The van der Waals surface area contributed by atoms with Gasteiger partial charge in [-0.25, -0.2) is 0 Å². The van der Waals surface area contributed by atoms with Crippen molar-refractivity contribution in [1.29, 1.82) is 0 Å². The Morgan fingerprint density at radius 2 is 1.57 bits per heavy atom. The van der Waals surface area contributed by atoms with E-state index in [1.54, 1.807) is 0 Å². The number of hydrogen-bond acceptors (Lipinski definition) is 4. The van der Waals surface area contributed by atoms with Crippen molar-refractivity contribution in [3.63, 3.8) is 0 Å². The van der Waals surface area contributed by atoms with Gasteiger partial charge in [0.2, 0.25) is 0 Å². The van der Waals surface area contributed by atoms with E-state index < -0.39 is 0 Å². The molecule has 2 aromatic carbocycles. The van der Waals surface area contributed by atoms with Crippen LogP contribution in [0.3, 0.4) is 0 Å². The maximum atomic E-state index is 10.5. The van der Waals surface area contributed by atoms with Crippen LogP contribution >= 0.6 is 0 Å². The molecule has 2 heterocycles. The fourth-order valence-corrected chi connectivity index (χ4v) is 2.91. The SMILES string of the molecule is OC1=C2CCc3ccccc3N2[NH2+]N1c1ccccc1.[OH-]. The first-order chi connectivity index (χ1) is 9.84. The summed E-state index contributed by atoms with van der Waals surface area (Å²) in [6.07, 6.45) is 1.84. The number of anilines is 2. The molecule has 0 aromatic heterocycles. The maximum absolute atomic E-state index is 10.5. The van der Waals surface area contributed by atoms with Gasteiger partial charge in [0.1, 0.15) is 11.4 Å². The monoisotopic (exact) mass is 283 g/mol. The summed E-state index contributed by atoms with van der Waals surface area (Å²) in [5, 5.41) is 14.4. The summed E-state index contributed by atoms with van der Waals surface area (Å²) in [6.45, 7) is 0. The van der Waals surface area contributed by atoms with Crippen molar-refractivity contribution >= 4 is 11.4 Å². The molecule has 4 N–H and O–H groups in total. The average molecular weight is 283 g/mol. The van der Waals surface area contributed by atoms with Crippen LogP contribution < -0.4 is 15.6 Å². The van der Waals surface area contributed by atoms with Crippen molar-refractivity contribution in [1.82, 2.24) is 0 Å². The Hall–Kier alpha value is -2.50. The van der Waals surface area contributed by atoms with Gasteiger partial charge in [0.15, 0.2) is 0 Å². The number of aliphatic hydroxyl groups is 1. The quantitative estimate of drug-likeness (QED) is 0.784. The molecule has 0 bridgehead atoms. The van der Waals surface area contributed by atoms with Crippen molar-refractivity contribution in [3.8, 4) is 0 Å². The lowest BCUT2D eigenvalue weighted by molar-refractivity contribution is -0.661. The summed E-state index contributed by atoms with van der Waals surface area (Å²) in [5.74, 6) is 0.339. The molecule has 0 saturated heterocycles. The van der Waals surface area contributed by atoms with E-state index in [0.717, 1.165) is 24.2 Å². The molecule has 0 radical (unpaired) electrons. The molecule has 0 saturated carbocycles. The third-order valence-electron chi connectivity index (χ3n) is 3.92. The highest BCUT2D eigenvalue weighted by Crippen LogP contribution is 2.34. The van der Waals surface area contributed by atoms with Crippen LogP contribution in [0.5, 0.6) is 0 Å². The van der Waals surface area contributed by atoms with Crippen LogP contribution in [0.1, 0.15) is 12.0 Å². The van der Waals surface area contributed by atoms with E-state index in [-0.39, 0.29) is 5.48 Å². The molecule has 0 unspecified atom stereocenters. The molecule has 21 heavy (non-hydrogen) atoms. The van der Waals surface area contributed by atoms with Crippen LogP contribution in [0.2, 0.25) is 0 Å². The fraction of sp³-hybridized carbons (Fsp3) is 0.125. The van der Waals surface area contributed by atoms with Crippen LogP contribution in [0, 0.1) is 0 Å². The predicted molar refractivity (Wildman–Crippen MR) is 79.7 cm³/mol. The highest BCUT2D eigenvalue weighted by molar-refractivity contribution is 5.61. The van der Waals surface area contributed by atoms with Crippen molar-refractivity contribution in [2.75, 3.05) is 10.0 Å². The summed E-state index contributed by atoms with van der Waals surface area (Å²) in [5.41, 5.74) is 6.42. The van der Waals surface area contributed by atoms with E-state index in [1.807, 2.05) is 46.9 Å². The molecule has 2 aliphatic heterocycles. The Kier molecular flexibility index (Phi) is 3.29. The lowest BCUT2D eigenvalue weighted by atomic mass is 10.0. The fourth-order valence-electron chi connectivity index (χ4n) is 2.91. The number of quaternary nitrogens is 1. The summed E-state index contributed by atoms with van der Waals surface area (Å²) >= 11 is 0. The molecule has 108 valence electrons. The average Bonchev–Trinajstić information content (AvgIpc) is 2.86. The molecule has 0 spiro atoms. The van der Waals surface area contributed by atoms with Gasteiger partial charge in [-0.2, -0.15) is 5.01 Å². The van der Waals surface area contributed by atoms with E-state index in [9.17, 15) is 5.11 Å². The van der Waals surface area contributed by atoms with Gasteiger partial charge in [-0.05, 0) is 30.2 Å². The van der Waals surface area contributed by atoms with E-state index >= 15 is 0 Å². The van der Waals surface area contributed by atoms with Gasteiger partial charge in [-0.15, -0.1) is 10.5 Å². The Morgan fingerprint density at radius 1 is 0.857 bits per heavy atom. The van der Waals surface area contributed by atoms with Gasteiger partial charge < -0.3 is 10.6 Å². The summed E-state index contributed by atoms with van der Waals surface area (Å²) in [7, 11) is 0. The van der Waals surface area contributed by atoms with Gasteiger partial charge in [-0.3, -0.25) is 0 Å². The van der Waals surface area contributed by atoms with Crippen LogP contribution in [0.4, 0.5) is 11.4 Å². The first kappa shape index (κ1) is 13.5. The number of benzene rings is 2. The molecule has 5 heteroatoms. The predicted octanol–water partition coefficient (Wildman–Crippen LogP) is 1.90. The van der Waals surface area contributed by atoms with Crippen molar-refractivity contribution in [2.45, 2.75) is 12.8 Å². The van der Waals surface area contributed by atoms with Crippen LogP contribution in [-0.4, -0.2) is 10.6 Å². The highest BCUT2D eigenvalue weighted by Gasteiger charge is 2.38. The van der Waals surface area contributed by atoms with E-state index in [2.05, 4.69) is 23.2 Å². The maximum Gasteiger partial charge on any atom is 0.267 e. The molecule has 0 fully saturated rings. The zero-order valence-corrected chi connectivity index (χ0v) is 11.5. The van der Waals surface area contributed by atoms with Crippen LogP contribution in [0.15, 0.2) is 66.2 Å². The number of allylic oxidation sites excluding steroid dienone is 1. The number of nitrogens with zero attached hydrogens (tertiary/aromatic N) is 2. The number of fused-ring (bicyclic) bond motifs is 3. The number of hydrogen-bond donors (Lipinski definition) is 2. The minimum atomic E-state index is 0. The summed E-state index contributed by atoms with van der Waals surface area (Å²) < 4.78 is 0. The molecular formula is C16H17N3O2. The zero-order valence-electron chi connectivity index (χ0n) is 11.5. The first-order valence-electron chi connectivity index (χ1n) is 6.83. The summed E-state index contributed by atoms with van der Waals surface area (Å²) in [4.78, 5) is 0. The lowest BCUT2D eigenvalue weighted by Gasteiger charge is -2.25. The lowest BCUT2D eigenvalue weighted by Crippen LogP contribution is -2.99. The van der Waals surface area contributed by atoms with E-state index in [4.69, 9.17) is 0 Å². The second-order valence-corrected chi connectivity index (χ2v) is 5.09. The third-order valence-corrected chi connectivity index (χ3v) is 3.92. The van der Waals surface area contributed by atoms with Crippen LogP contribution in [0.25, 0.3) is 0 Å². The van der Waals surface area contributed by atoms with Crippen LogP contribution in [-0.2, 0) is 6.42 Å². The molecule has 2 aliphatic rings. The number of para-hydroxylation sites is 2. The van der Waals surface area contributed by atoms with Gasteiger partial charge in [-0.1, -0.05) is 36.4 Å². The minimum absolute atomic E-state index is 0. The van der Waals surface area contributed by atoms with Gasteiger partial charge in [0, 0.05) is 6.42 Å². The minimum Gasteiger partial charge on any atom is -0.870 e. The largest absolute Gasteiger partial charge is 0.870 e. The smallest absolute Gasteiger partial charge is 0.267 e.